The summed E-state index contributed by atoms with van der Waals surface area (Å²) in [6.07, 6.45) is 1.50. The van der Waals surface area contributed by atoms with E-state index >= 15 is 0 Å². The number of hydrogen-bond donors (Lipinski definition) is 1. The molecular weight excluding hydrogens is 284 g/mol. The van der Waals surface area contributed by atoms with E-state index in [1.165, 1.54) is 18.1 Å². The van der Waals surface area contributed by atoms with Gasteiger partial charge in [-0.1, -0.05) is 18.2 Å². The largest absolute Gasteiger partial charge is 0.368 e. The van der Waals surface area contributed by atoms with Crippen molar-refractivity contribution in [2.75, 3.05) is 5.73 Å². The highest BCUT2D eigenvalue weighted by Gasteiger charge is 2.09. The third-order valence-electron chi connectivity index (χ3n) is 2.30. The zero-order valence-corrected chi connectivity index (χ0v) is 11.1. The Morgan fingerprint density at radius 3 is 2.74 bits per heavy atom. The highest BCUT2D eigenvalue weighted by Crippen LogP contribution is 2.29. The second-order valence-corrected chi connectivity index (χ2v) is 4.84. The van der Waals surface area contributed by atoms with E-state index in [1.807, 2.05) is 24.3 Å². The molecule has 0 aliphatic rings. The predicted octanol–water partition coefficient (Wildman–Crippen LogP) is 2.20. The highest BCUT2D eigenvalue weighted by atomic mass is 35.5. The van der Waals surface area contributed by atoms with Gasteiger partial charge < -0.3 is 5.73 Å². The maximum Gasteiger partial charge on any atom is 0.228 e. The third-order valence-corrected chi connectivity index (χ3v) is 3.35. The van der Waals surface area contributed by atoms with Crippen molar-refractivity contribution >= 4 is 40.2 Å². The van der Waals surface area contributed by atoms with Crippen molar-refractivity contribution in [3.8, 4) is 0 Å². The first-order valence-electron chi connectivity index (χ1n) is 5.27. The molecule has 0 fully saturated rings. The van der Waals surface area contributed by atoms with E-state index in [-0.39, 0.29) is 11.2 Å². The molecule has 2 N–H and O–H groups in total. The standard InChI is InChI=1S/C11H7ClN6S/c12-9-16-10(13)18-11(17-9)19-8-6-3-1-2-4-7(6)14-5-15-8/h1-5H,(H2,13,16,17,18). The lowest BCUT2D eigenvalue weighted by molar-refractivity contribution is 0.913. The first-order valence-corrected chi connectivity index (χ1v) is 6.46. The van der Waals surface area contributed by atoms with Gasteiger partial charge in [-0.05, 0) is 29.4 Å². The molecule has 2 aromatic heterocycles. The number of nitrogens with zero attached hydrogens (tertiary/aromatic N) is 5. The molecule has 0 bridgehead atoms. The van der Waals surface area contributed by atoms with Crippen molar-refractivity contribution in [1.82, 2.24) is 24.9 Å². The molecular formula is C11H7ClN6S. The Hall–Kier alpha value is -1.99. The van der Waals surface area contributed by atoms with E-state index < -0.39 is 0 Å². The van der Waals surface area contributed by atoms with Crippen molar-refractivity contribution in [1.29, 1.82) is 0 Å². The molecule has 0 saturated heterocycles. The molecule has 19 heavy (non-hydrogen) atoms. The van der Waals surface area contributed by atoms with E-state index in [2.05, 4.69) is 24.9 Å². The smallest absolute Gasteiger partial charge is 0.228 e. The molecule has 0 unspecified atom stereocenters. The van der Waals surface area contributed by atoms with Crippen LogP contribution < -0.4 is 5.73 Å². The van der Waals surface area contributed by atoms with Crippen molar-refractivity contribution in [3.05, 3.63) is 35.9 Å². The molecule has 6 nitrogen and oxygen atoms in total. The summed E-state index contributed by atoms with van der Waals surface area (Å²) in [6, 6.07) is 7.69. The average molecular weight is 291 g/mol. The fraction of sp³-hybridized carbons (Fsp3) is 0. The maximum absolute atomic E-state index is 5.75. The zero-order chi connectivity index (χ0) is 13.2. The van der Waals surface area contributed by atoms with Crippen molar-refractivity contribution < 1.29 is 0 Å². The van der Waals surface area contributed by atoms with Crippen LogP contribution in [0.25, 0.3) is 10.9 Å². The molecule has 3 aromatic rings. The summed E-state index contributed by atoms with van der Waals surface area (Å²) in [5, 5.41) is 2.13. The summed E-state index contributed by atoms with van der Waals surface area (Å²) in [4.78, 5) is 20.1. The average Bonchev–Trinajstić information content (AvgIpc) is 2.38. The Morgan fingerprint density at radius 1 is 1.05 bits per heavy atom. The quantitative estimate of drug-likeness (QED) is 0.723. The molecule has 0 atom stereocenters. The zero-order valence-electron chi connectivity index (χ0n) is 9.49. The Labute approximate surface area is 117 Å². The molecule has 0 aliphatic carbocycles. The fourth-order valence-corrected chi connectivity index (χ4v) is 2.58. The number of halogens is 1. The lowest BCUT2D eigenvalue weighted by Crippen LogP contribution is -1.99. The van der Waals surface area contributed by atoms with Crippen LogP contribution in [0.2, 0.25) is 5.28 Å². The summed E-state index contributed by atoms with van der Waals surface area (Å²) in [7, 11) is 0. The van der Waals surface area contributed by atoms with Gasteiger partial charge in [0.1, 0.15) is 11.4 Å². The van der Waals surface area contributed by atoms with E-state index in [9.17, 15) is 0 Å². The van der Waals surface area contributed by atoms with Gasteiger partial charge in [-0.2, -0.15) is 15.0 Å². The minimum absolute atomic E-state index is 0.0633. The summed E-state index contributed by atoms with van der Waals surface area (Å²) < 4.78 is 0. The van der Waals surface area contributed by atoms with Gasteiger partial charge in [0.25, 0.3) is 0 Å². The van der Waals surface area contributed by atoms with Gasteiger partial charge >= 0.3 is 0 Å². The minimum atomic E-state index is 0.0633. The van der Waals surface area contributed by atoms with Crippen LogP contribution in [-0.2, 0) is 0 Å². The lowest BCUT2D eigenvalue weighted by Gasteiger charge is -2.03. The fourth-order valence-electron chi connectivity index (χ4n) is 1.54. The van der Waals surface area contributed by atoms with E-state index in [0.717, 1.165) is 15.9 Å². The second kappa shape index (κ2) is 4.94. The van der Waals surface area contributed by atoms with Gasteiger partial charge in [0, 0.05) is 5.39 Å². The van der Waals surface area contributed by atoms with Gasteiger partial charge in [0.2, 0.25) is 11.2 Å². The molecule has 8 heteroatoms. The maximum atomic E-state index is 5.75. The molecule has 0 amide bonds. The number of benzene rings is 1. The van der Waals surface area contributed by atoms with Crippen LogP contribution in [0.4, 0.5) is 5.95 Å². The number of para-hydroxylation sites is 1. The van der Waals surface area contributed by atoms with E-state index in [1.54, 1.807) is 0 Å². The van der Waals surface area contributed by atoms with Crippen molar-refractivity contribution in [3.63, 3.8) is 0 Å². The van der Waals surface area contributed by atoms with Crippen LogP contribution in [0.5, 0.6) is 0 Å². The summed E-state index contributed by atoms with van der Waals surface area (Å²) in [5.41, 5.74) is 6.39. The summed E-state index contributed by atoms with van der Waals surface area (Å²) >= 11 is 7.01. The SMILES string of the molecule is Nc1nc(Cl)nc(Sc2ncnc3ccccc23)n1. The predicted molar refractivity (Wildman–Crippen MR) is 72.9 cm³/mol. The van der Waals surface area contributed by atoms with Gasteiger partial charge in [-0.3, -0.25) is 0 Å². The number of nitrogen functional groups attached to an aromatic ring is 1. The first-order chi connectivity index (χ1) is 9.22. The van der Waals surface area contributed by atoms with Crippen LogP contribution in [0.15, 0.2) is 40.8 Å². The Balaban J connectivity index is 2.05. The van der Waals surface area contributed by atoms with Crippen molar-refractivity contribution in [2.45, 2.75) is 10.2 Å². The summed E-state index contributed by atoms with van der Waals surface area (Å²) in [6.45, 7) is 0. The Kier molecular flexibility index (Phi) is 3.14. The molecule has 0 spiro atoms. The molecule has 0 aliphatic heterocycles. The molecule has 0 saturated carbocycles. The second-order valence-electron chi connectivity index (χ2n) is 3.54. The number of rotatable bonds is 2. The van der Waals surface area contributed by atoms with Gasteiger partial charge in [-0.15, -0.1) is 0 Å². The summed E-state index contributed by atoms with van der Waals surface area (Å²) in [5.74, 6) is 0.0841. The monoisotopic (exact) mass is 290 g/mol. The van der Waals surface area contributed by atoms with Crippen LogP contribution in [0.1, 0.15) is 0 Å². The Morgan fingerprint density at radius 2 is 1.89 bits per heavy atom. The molecule has 2 heterocycles. The highest BCUT2D eigenvalue weighted by molar-refractivity contribution is 7.99. The van der Waals surface area contributed by atoms with Gasteiger partial charge in [-0.25, -0.2) is 9.97 Å². The Bertz CT molecular complexity index is 725. The topological polar surface area (TPSA) is 90.5 Å². The van der Waals surface area contributed by atoms with Crippen LogP contribution in [0, 0.1) is 0 Å². The lowest BCUT2D eigenvalue weighted by atomic mass is 10.2. The normalized spacial score (nSPS) is 10.8. The number of nitrogens with two attached hydrogens (primary N) is 1. The molecule has 3 rings (SSSR count). The van der Waals surface area contributed by atoms with Crippen LogP contribution >= 0.6 is 23.4 Å². The number of anilines is 1. The number of aromatic nitrogens is 5. The van der Waals surface area contributed by atoms with Crippen molar-refractivity contribution in [2.24, 2.45) is 0 Å². The van der Waals surface area contributed by atoms with Gasteiger partial charge in [0.05, 0.1) is 5.52 Å². The minimum Gasteiger partial charge on any atom is -0.368 e. The van der Waals surface area contributed by atoms with E-state index in [4.69, 9.17) is 17.3 Å². The molecule has 94 valence electrons. The van der Waals surface area contributed by atoms with Crippen LogP contribution in [0.3, 0.4) is 0 Å². The van der Waals surface area contributed by atoms with Gasteiger partial charge in [0.15, 0.2) is 5.16 Å². The van der Waals surface area contributed by atoms with Crippen LogP contribution in [-0.4, -0.2) is 24.9 Å². The number of fused-ring (bicyclic) bond motifs is 1. The first kappa shape index (κ1) is 12.1. The number of hydrogen-bond acceptors (Lipinski definition) is 7. The molecule has 1 aromatic carbocycles. The third kappa shape index (κ3) is 2.56. The molecule has 0 radical (unpaired) electrons. The van der Waals surface area contributed by atoms with E-state index in [0.29, 0.717) is 5.16 Å².